The van der Waals surface area contributed by atoms with E-state index in [2.05, 4.69) is 31.3 Å². The Morgan fingerprint density at radius 1 is 1.18 bits per heavy atom. The van der Waals surface area contributed by atoms with Crippen LogP contribution >= 0.6 is 0 Å². The lowest BCUT2D eigenvalue weighted by molar-refractivity contribution is -0.0137. The van der Waals surface area contributed by atoms with Crippen molar-refractivity contribution in [2.45, 2.75) is 76.5 Å². The number of carbonyl (C=O) groups excluding carboxylic acids is 1. The molecule has 1 aliphatic heterocycles. The summed E-state index contributed by atoms with van der Waals surface area (Å²) in [7, 11) is 1.76. The molecule has 5 nitrogen and oxygen atoms in total. The van der Waals surface area contributed by atoms with Gasteiger partial charge in [-0.25, -0.2) is 4.79 Å². The molecular weight excluding hydrogens is 412 g/mol. The smallest absolute Gasteiger partial charge is 0.410 e. The van der Waals surface area contributed by atoms with Crippen LogP contribution in [-0.2, 0) is 23.2 Å². The highest BCUT2D eigenvalue weighted by atomic mass is 16.6. The van der Waals surface area contributed by atoms with Crippen LogP contribution in [-0.4, -0.2) is 36.7 Å². The van der Waals surface area contributed by atoms with Crippen molar-refractivity contribution in [2.75, 3.05) is 19.0 Å². The molecule has 2 fully saturated rings. The summed E-state index contributed by atoms with van der Waals surface area (Å²) in [4.78, 5) is 15.3. The van der Waals surface area contributed by atoms with Crippen molar-refractivity contribution < 1.29 is 14.3 Å². The summed E-state index contributed by atoms with van der Waals surface area (Å²) in [6, 6.07) is 15.1. The molecule has 0 aromatic heterocycles. The molecule has 176 valence electrons. The topological polar surface area (TPSA) is 50.8 Å². The average molecular weight is 449 g/mol. The number of ether oxygens (including phenoxy) is 2. The zero-order valence-electron chi connectivity index (χ0n) is 20.1. The number of nitrogens with one attached hydrogen (secondary N) is 1. The SMILES string of the molecule is COc1cc2c(cc1NC(C)C)C[C@H]1[C@H]3CCCC[C@@]23CCN1C(=O)OCc1ccccc1. The standard InChI is InChI=1S/C28H36N2O3/c1-19(2)29-24-15-21-16-25-22-11-7-8-12-28(22,23(21)17-26(24)32-3)13-14-30(25)27(31)33-18-20-9-5-4-6-10-20/h4-6,9-10,15,17,19,22,25,29H,7-8,11-14,16,18H2,1-3H3/t22-,25+,28+/m1/s1. The molecule has 1 amide bonds. The van der Waals surface area contributed by atoms with Crippen molar-refractivity contribution in [1.29, 1.82) is 0 Å². The Bertz CT molecular complexity index is 1010. The molecule has 3 atom stereocenters. The first-order valence-electron chi connectivity index (χ1n) is 12.5. The van der Waals surface area contributed by atoms with Crippen molar-refractivity contribution in [3.63, 3.8) is 0 Å². The van der Waals surface area contributed by atoms with Crippen LogP contribution in [0.1, 0.15) is 62.6 Å². The first-order valence-corrected chi connectivity index (χ1v) is 12.5. The average Bonchev–Trinajstić information content (AvgIpc) is 2.82. The van der Waals surface area contributed by atoms with Crippen LogP contribution < -0.4 is 10.1 Å². The quantitative estimate of drug-likeness (QED) is 0.618. The maximum absolute atomic E-state index is 13.2. The van der Waals surface area contributed by atoms with E-state index in [4.69, 9.17) is 9.47 Å². The fraction of sp³-hybridized carbons (Fsp3) is 0.536. The summed E-state index contributed by atoms with van der Waals surface area (Å²) in [5, 5.41) is 3.55. The van der Waals surface area contributed by atoms with E-state index in [1.165, 1.54) is 36.8 Å². The van der Waals surface area contributed by atoms with E-state index in [-0.39, 0.29) is 17.6 Å². The Labute approximate surface area is 197 Å². The number of piperidine rings is 1. The van der Waals surface area contributed by atoms with Gasteiger partial charge >= 0.3 is 6.09 Å². The van der Waals surface area contributed by atoms with Gasteiger partial charge in [0.25, 0.3) is 0 Å². The summed E-state index contributed by atoms with van der Waals surface area (Å²) >= 11 is 0. The van der Waals surface area contributed by atoms with Crippen LogP contribution in [0.15, 0.2) is 42.5 Å². The van der Waals surface area contributed by atoms with Crippen LogP contribution in [0, 0.1) is 5.92 Å². The number of methoxy groups -OCH3 is 1. The molecule has 3 aliphatic rings. The van der Waals surface area contributed by atoms with E-state index >= 15 is 0 Å². The molecule has 0 spiro atoms. The Morgan fingerprint density at radius 3 is 2.76 bits per heavy atom. The molecule has 1 saturated carbocycles. The van der Waals surface area contributed by atoms with Crippen molar-refractivity contribution >= 4 is 11.8 Å². The van der Waals surface area contributed by atoms with E-state index in [9.17, 15) is 4.79 Å². The number of amides is 1. The normalized spacial score (nSPS) is 25.8. The van der Waals surface area contributed by atoms with Crippen molar-refractivity contribution in [2.24, 2.45) is 5.92 Å². The number of likely N-dealkylation sites (tertiary alicyclic amines) is 1. The molecule has 5 heteroatoms. The minimum absolute atomic E-state index is 0.149. The van der Waals surface area contributed by atoms with E-state index in [1.807, 2.05) is 35.2 Å². The molecule has 1 heterocycles. The van der Waals surface area contributed by atoms with Gasteiger partial charge in [-0.2, -0.15) is 0 Å². The third kappa shape index (κ3) is 3.96. The minimum Gasteiger partial charge on any atom is -0.495 e. The molecule has 1 N–H and O–H groups in total. The summed E-state index contributed by atoms with van der Waals surface area (Å²) in [6.45, 7) is 5.39. The van der Waals surface area contributed by atoms with Gasteiger partial charge in [0.1, 0.15) is 12.4 Å². The van der Waals surface area contributed by atoms with E-state index in [1.54, 1.807) is 7.11 Å². The first kappa shape index (κ1) is 22.1. The predicted octanol–water partition coefficient (Wildman–Crippen LogP) is 5.91. The lowest BCUT2D eigenvalue weighted by atomic mass is 9.52. The molecular formula is C28H36N2O3. The van der Waals surface area contributed by atoms with Gasteiger partial charge in [0.05, 0.1) is 12.8 Å². The van der Waals surface area contributed by atoms with Gasteiger partial charge in [0.2, 0.25) is 0 Å². The molecule has 1 saturated heterocycles. The van der Waals surface area contributed by atoms with Crippen LogP contribution in [0.4, 0.5) is 10.5 Å². The zero-order valence-corrected chi connectivity index (χ0v) is 20.1. The van der Waals surface area contributed by atoms with Gasteiger partial charge in [-0.15, -0.1) is 0 Å². The highest BCUT2D eigenvalue weighted by Crippen LogP contribution is 2.57. The van der Waals surface area contributed by atoms with Crippen molar-refractivity contribution in [1.82, 2.24) is 4.90 Å². The molecule has 0 radical (unpaired) electrons. The number of hydrogen-bond acceptors (Lipinski definition) is 4. The number of anilines is 1. The minimum atomic E-state index is -0.166. The molecule has 2 aliphatic carbocycles. The Balaban J connectivity index is 1.46. The molecule has 33 heavy (non-hydrogen) atoms. The van der Waals surface area contributed by atoms with E-state index in [0.29, 0.717) is 18.6 Å². The molecule has 2 aromatic rings. The third-order valence-electron chi connectivity index (χ3n) is 8.04. The largest absolute Gasteiger partial charge is 0.495 e. The van der Waals surface area contributed by atoms with Gasteiger partial charge in [-0.3, -0.25) is 0 Å². The lowest BCUT2D eigenvalue weighted by Gasteiger charge is -2.58. The molecule has 0 unspecified atom stereocenters. The number of benzene rings is 2. The Kier molecular flexibility index (Phi) is 5.98. The fourth-order valence-corrected chi connectivity index (χ4v) is 6.67. The zero-order chi connectivity index (χ0) is 23.0. The highest BCUT2D eigenvalue weighted by molar-refractivity contribution is 5.70. The summed E-state index contributed by atoms with van der Waals surface area (Å²) in [5.41, 5.74) is 5.05. The highest BCUT2D eigenvalue weighted by Gasteiger charge is 2.55. The fourth-order valence-electron chi connectivity index (χ4n) is 6.67. The first-order chi connectivity index (χ1) is 16.0. The van der Waals surface area contributed by atoms with Crippen LogP contribution in [0.2, 0.25) is 0 Å². The second kappa shape index (κ2) is 8.92. The van der Waals surface area contributed by atoms with Gasteiger partial charge < -0.3 is 19.7 Å². The lowest BCUT2D eigenvalue weighted by Crippen LogP contribution is -2.62. The number of hydrogen-bond donors (Lipinski definition) is 1. The van der Waals surface area contributed by atoms with Crippen LogP contribution in [0.3, 0.4) is 0 Å². The van der Waals surface area contributed by atoms with Crippen molar-refractivity contribution in [3.8, 4) is 5.75 Å². The number of nitrogens with zero attached hydrogens (tertiary/aromatic N) is 1. The maximum atomic E-state index is 13.2. The van der Waals surface area contributed by atoms with Crippen LogP contribution in [0.5, 0.6) is 5.75 Å². The predicted molar refractivity (Wildman–Crippen MR) is 131 cm³/mol. The summed E-state index contributed by atoms with van der Waals surface area (Å²) in [5.74, 6) is 1.43. The van der Waals surface area contributed by atoms with Crippen molar-refractivity contribution in [3.05, 3.63) is 59.2 Å². The van der Waals surface area contributed by atoms with E-state index in [0.717, 1.165) is 36.4 Å². The maximum Gasteiger partial charge on any atom is 0.410 e. The van der Waals surface area contributed by atoms with Gasteiger partial charge in [0, 0.05) is 24.0 Å². The number of carbonyl (C=O) groups is 1. The number of fused-ring (bicyclic) bond motifs is 1. The number of rotatable bonds is 5. The van der Waals surface area contributed by atoms with E-state index < -0.39 is 0 Å². The Morgan fingerprint density at radius 2 is 2.00 bits per heavy atom. The third-order valence-corrected chi connectivity index (χ3v) is 8.04. The molecule has 2 bridgehead atoms. The second-order valence-electron chi connectivity index (χ2n) is 10.3. The Hall–Kier alpha value is -2.69. The van der Waals surface area contributed by atoms with Gasteiger partial charge in [-0.1, -0.05) is 43.2 Å². The monoisotopic (exact) mass is 448 g/mol. The summed E-state index contributed by atoms with van der Waals surface area (Å²) in [6.07, 6.45) is 6.61. The van der Waals surface area contributed by atoms with Gasteiger partial charge in [0.15, 0.2) is 0 Å². The summed E-state index contributed by atoms with van der Waals surface area (Å²) < 4.78 is 11.6. The van der Waals surface area contributed by atoms with Gasteiger partial charge in [-0.05, 0) is 74.3 Å². The molecule has 5 rings (SSSR count). The second-order valence-corrected chi connectivity index (χ2v) is 10.3. The molecule has 2 aromatic carbocycles. The van der Waals surface area contributed by atoms with Crippen LogP contribution in [0.25, 0.3) is 0 Å².